The number of ether oxygens (including phenoxy) is 1. The van der Waals surface area contributed by atoms with Crippen molar-refractivity contribution >= 4 is 0 Å². The van der Waals surface area contributed by atoms with E-state index in [4.69, 9.17) is 4.74 Å². The largest absolute Gasteiger partial charge is 0.378 e. The van der Waals surface area contributed by atoms with E-state index in [1.165, 1.54) is 45.2 Å². The minimum absolute atomic E-state index is 0.540. The van der Waals surface area contributed by atoms with Crippen LogP contribution < -0.4 is 0 Å². The van der Waals surface area contributed by atoms with E-state index in [1.807, 2.05) is 0 Å². The molecule has 0 saturated carbocycles. The summed E-state index contributed by atoms with van der Waals surface area (Å²) in [7, 11) is 2.19. The number of hydrogen-bond acceptors (Lipinski definition) is 2. The summed E-state index contributed by atoms with van der Waals surface area (Å²) >= 11 is 0. The normalized spacial score (nSPS) is 21.8. The van der Waals surface area contributed by atoms with E-state index in [9.17, 15) is 0 Å². The van der Waals surface area contributed by atoms with E-state index in [-0.39, 0.29) is 0 Å². The average Bonchev–Trinajstić information content (AvgIpc) is 2.26. The standard InChI is InChI=1S/C13H27NO/c1-4-12(2)6-5-11-15-13-7-9-14(3)10-8-13/h12-13H,4-11H2,1-3H3. The summed E-state index contributed by atoms with van der Waals surface area (Å²) in [6.45, 7) is 7.98. The van der Waals surface area contributed by atoms with Gasteiger partial charge in [-0.05, 0) is 38.6 Å². The summed E-state index contributed by atoms with van der Waals surface area (Å²) in [6, 6.07) is 0. The number of hydrogen-bond donors (Lipinski definition) is 0. The van der Waals surface area contributed by atoms with Gasteiger partial charge in [0, 0.05) is 19.7 Å². The van der Waals surface area contributed by atoms with Crippen molar-refractivity contribution in [2.45, 2.75) is 52.1 Å². The Morgan fingerprint density at radius 3 is 2.60 bits per heavy atom. The van der Waals surface area contributed by atoms with Crippen molar-refractivity contribution in [3.05, 3.63) is 0 Å². The number of rotatable bonds is 6. The number of piperidine rings is 1. The van der Waals surface area contributed by atoms with Crippen LogP contribution in [0.4, 0.5) is 0 Å². The first-order chi connectivity index (χ1) is 7.22. The van der Waals surface area contributed by atoms with E-state index in [0.29, 0.717) is 6.10 Å². The Balaban J connectivity index is 1.96. The van der Waals surface area contributed by atoms with Crippen LogP contribution in [0, 0.1) is 5.92 Å². The van der Waals surface area contributed by atoms with Crippen LogP contribution in [0.15, 0.2) is 0 Å². The lowest BCUT2D eigenvalue weighted by molar-refractivity contribution is 0.00980. The van der Waals surface area contributed by atoms with Gasteiger partial charge in [-0.15, -0.1) is 0 Å². The number of nitrogens with zero attached hydrogens (tertiary/aromatic N) is 1. The Kier molecular flexibility index (Phi) is 6.26. The third-order valence-corrected chi connectivity index (χ3v) is 3.56. The monoisotopic (exact) mass is 213 g/mol. The Bertz CT molecular complexity index is 153. The molecule has 0 bridgehead atoms. The maximum absolute atomic E-state index is 5.90. The molecule has 1 fully saturated rings. The molecule has 0 spiro atoms. The van der Waals surface area contributed by atoms with Gasteiger partial charge >= 0.3 is 0 Å². The molecule has 1 unspecified atom stereocenters. The lowest BCUT2D eigenvalue weighted by Gasteiger charge is -2.29. The molecule has 0 N–H and O–H groups in total. The van der Waals surface area contributed by atoms with Crippen molar-refractivity contribution < 1.29 is 4.74 Å². The average molecular weight is 213 g/mol. The molecular formula is C13H27NO. The highest BCUT2D eigenvalue weighted by molar-refractivity contribution is 4.69. The van der Waals surface area contributed by atoms with Crippen LogP contribution in [-0.2, 0) is 4.74 Å². The van der Waals surface area contributed by atoms with Gasteiger partial charge in [-0.2, -0.15) is 0 Å². The third-order valence-electron chi connectivity index (χ3n) is 3.56. The molecule has 0 aromatic rings. The molecule has 1 aliphatic heterocycles. The van der Waals surface area contributed by atoms with E-state index in [1.54, 1.807) is 0 Å². The van der Waals surface area contributed by atoms with Crippen LogP contribution in [0.3, 0.4) is 0 Å². The maximum Gasteiger partial charge on any atom is 0.0599 e. The SMILES string of the molecule is CCC(C)CCCOC1CCN(C)CC1. The Hall–Kier alpha value is -0.0800. The van der Waals surface area contributed by atoms with Gasteiger partial charge in [-0.25, -0.2) is 0 Å². The molecule has 0 aromatic carbocycles. The maximum atomic E-state index is 5.90. The van der Waals surface area contributed by atoms with Gasteiger partial charge in [0.25, 0.3) is 0 Å². The summed E-state index contributed by atoms with van der Waals surface area (Å²) in [5.74, 6) is 0.867. The first-order valence-corrected chi connectivity index (χ1v) is 6.52. The van der Waals surface area contributed by atoms with Crippen molar-refractivity contribution in [3.8, 4) is 0 Å². The molecule has 0 amide bonds. The van der Waals surface area contributed by atoms with Crippen LogP contribution in [-0.4, -0.2) is 37.7 Å². The molecule has 1 heterocycles. The van der Waals surface area contributed by atoms with Crippen LogP contribution in [0.1, 0.15) is 46.0 Å². The fraction of sp³-hybridized carbons (Fsp3) is 1.00. The molecule has 0 aliphatic carbocycles. The molecular weight excluding hydrogens is 186 g/mol. The molecule has 0 aromatic heterocycles. The van der Waals surface area contributed by atoms with Gasteiger partial charge in [0.1, 0.15) is 0 Å². The second-order valence-corrected chi connectivity index (χ2v) is 5.03. The predicted molar refractivity (Wildman–Crippen MR) is 65.2 cm³/mol. The zero-order chi connectivity index (χ0) is 11.1. The van der Waals surface area contributed by atoms with Gasteiger partial charge < -0.3 is 9.64 Å². The Morgan fingerprint density at radius 1 is 1.33 bits per heavy atom. The van der Waals surface area contributed by atoms with Crippen LogP contribution in [0.2, 0.25) is 0 Å². The topological polar surface area (TPSA) is 12.5 Å². The second kappa shape index (κ2) is 7.24. The predicted octanol–water partition coefficient (Wildman–Crippen LogP) is 2.92. The van der Waals surface area contributed by atoms with Crippen LogP contribution >= 0.6 is 0 Å². The van der Waals surface area contributed by atoms with E-state index < -0.39 is 0 Å². The van der Waals surface area contributed by atoms with Gasteiger partial charge in [0.2, 0.25) is 0 Å². The molecule has 15 heavy (non-hydrogen) atoms. The zero-order valence-electron chi connectivity index (χ0n) is 10.7. The fourth-order valence-corrected chi connectivity index (χ4v) is 2.04. The molecule has 2 nitrogen and oxygen atoms in total. The van der Waals surface area contributed by atoms with E-state index >= 15 is 0 Å². The zero-order valence-corrected chi connectivity index (χ0v) is 10.7. The molecule has 1 aliphatic rings. The van der Waals surface area contributed by atoms with Gasteiger partial charge in [-0.1, -0.05) is 20.3 Å². The van der Waals surface area contributed by atoms with Crippen molar-refractivity contribution in [1.82, 2.24) is 4.90 Å². The van der Waals surface area contributed by atoms with Gasteiger partial charge in [0.15, 0.2) is 0 Å². The summed E-state index contributed by atoms with van der Waals surface area (Å²) in [6.07, 6.45) is 6.84. The third kappa shape index (κ3) is 5.53. The highest BCUT2D eigenvalue weighted by Gasteiger charge is 2.16. The summed E-state index contributed by atoms with van der Waals surface area (Å²) in [4.78, 5) is 2.39. The van der Waals surface area contributed by atoms with Crippen LogP contribution in [0.25, 0.3) is 0 Å². The number of likely N-dealkylation sites (tertiary alicyclic amines) is 1. The van der Waals surface area contributed by atoms with Crippen molar-refractivity contribution in [3.63, 3.8) is 0 Å². The fourth-order valence-electron chi connectivity index (χ4n) is 2.04. The quantitative estimate of drug-likeness (QED) is 0.629. The summed E-state index contributed by atoms with van der Waals surface area (Å²) < 4.78 is 5.90. The molecule has 1 saturated heterocycles. The van der Waals surface area contributed by atoms with Gasteiger partial charge in [0.05, 0.1) is 6.10 Å². The van der Waals surface area contributed by atoms with E-state index in [0.717, 1.165) is 12.5 Å². The summed E-state index contributed by atoms with van der Waals surface area (Å²) in [5, 5.41) is 0. The minimum atomic E-state index is 0.540. The first kappa shape index (κ1) is 13.0. The van der Waals surface area contributed by atoms with Crippen molar-refractivity contribution in [1.29, 1.82) is 0 Å². The summed E-state index contributed by atoms with van der Waals surface area (Å²) in [5.41, 5.74) is 0. The minimum Gasteiger partial charge on any atom is -0.378 e. The highest BCUT2D eigenvalue weighted by Crippen LogP contribution is 2.14. The molecule has 1 atom stereocenters. The lowest BCUT2D eigenvalue weighted by atomic mass is 10.0. The second-order valence-electron chi connectivity index (χ2n) is 5.03. The van der Waals surface area contributed by atoms with Crippen molar-refractivity contribution in [2.24, 2.45) is 5.92 Å². The van der Waals surface area contributed by atoms with Crippen molar-refractivity contribution in [2.75, 3.05) is 26.7 Å². The molecule has 0 radical (unpaired) electrons. The molecule has 90 valence electrons. The molecule has 2 heteroatoms. The van der Waals surface area contributed by atoms with Gasteiger partial charge in [-0.3, -0.25) is 0 Å². The highest BCUT2D eigenvalue weighted by atomic mass is 16.5. The smallest absolute Gasteiger partial charge is 0.0599 e. The Labute approximate surface area is 95.0 Å². The first-order valence-electron chi connectivity index (χ1n) is 6.52. The Morgan fingerprint density at radius 2 is 2.00 bits per heavy atom. The van der Waals surface area contributed by atoms with Crippen LogP contribution in [0.5, 0.6) is 0 Å². The lowest BCUT2D eigenvalue weighted by Crippen LogP contribution is -2.34. The molecule has 1 rings (SSSR count). The van der Waals surface area contributed by atoms with E-state index in [2.05, 4.69) is 25.8 Å².